The van der Waals surface area contributed by atoms with E-state index in [1.54, 1.807) is 0 Å². The highest BCUT2D eigenvalue weighted by Crippen LogP contribution is 2.50. The molecule has 0 radical (unpaired) electrons. The number of nitrogens with zero attached hydrogens (tertiary/aromatic N) is 5. The average Bonchev–Trinajstić information content (AvgIpc) is 3.99. The van der Waals surface area contributed by atoms with Gasteiger partial charge < -0.3 is 24.5 Å². The summed E-state index contributed by atoms with van der Waals surface area (Å²) in [4.78, 5) is 12.9. The minimum absolute atomic E-state index is 0. The summed E-state index contributed by atoms with van der Waals surface area (Å²) >= 11 is 0. The van der Waals surface area contributed by atoms with Gasteiger partial charge >= 0.3 is 0 Å². The molecule has 13 fully saturated rings. The van der Waals surface area contributed by atoms with Crippen molar-refractivity contribution in [1.29, 1.82) is 0 Å². The van der Waals surface area contributed by atoms with Crippen LogP contribution in [0.3, 0.4) is 0 Å². The summed E-state index contributed by atoms with van der Waals surface area (Å²) in [6.07, 6.45) is 27.4. The molecule has 9 heterocycles. The molecule has 68 heavy (non-hydrogen) atoms. The quantitative estimate of drug-likeness (QED) is 0.263. The summed E-state index contributed by atoms with van der Waals surface area (Å²) in [6, 6.07) is 7.46. The van der Waals surface area contributed by atoms with Crippen LogP contribution in [0.5, 0.6) is 0 Å². The molecule has 10 bridgehead atoms. The molecule has 0 aromatic rings. The summed E-state index contributed by atoms with van der Waals surface area (Å²) in [5.74, 6) is 7.08. The van der Waals surface area contributed by atoms with Crippen LogP contribution in [0.2, 0.25) is 0 Å². The van der Waals surface area contributed by atoms with Crippen LogP contribution in [0.1, 0.15) is 261 Å². The lowest BCUT2D eigenvalue weighted by Crippen LogP contribution is -2.60. The Morgan fingerprint density at radius 3 is 0.912 bits per heavy atom. The lowest BCUT2D eigenvalue weighted by atomic mass is 9.61. The molecule has 0 spiro atoms. The van der Waals surface area contributed by atoms with Gasteiger partial charge in [0.25, 0.3) is 0 Å². The van der Waals surface area contributed by atoms with E-state index in [2.05, 4.69) is 122 Å². The van der Waals surface area contributed by atoms with E-state index >= 15 is 0 Å². The summed E-state index contributed by atoms with van der Waals surface area (Å²) in [5, 5.41) is 0. The molecule has 12 unspecified atom stereocenters. The molecule has 0 aromatic carbocycles. The van der Waals surface area contributed by atoms with E-state index in [4.69, 9.17) is 0 Å². The topological polar surface area (TPSA) is 16.2 Å². The van der Waals surface area contributed by atoms with E-state index in [1.807, 2.05) is 69.2 Å². The van der Waals surface area contributed by atoms with E-state index < -0.39 is 0 Å². The number of fused-ring (bicyclic) bond motifs is 11. The van der Waals surface area contributed by atoms with Crippen LogP contribution in [0.15, 0.2) is 0 Å². The van der Waals surface area contributed by atoms with Crippen LogP contribution >= 0.6 is 0 Å². The normalized spacial score (nSPS) is 37.0. The molecule has 9 saturated heterocycles. The Balaban J connectivity index is 0.000000793. The third-order valence-electron chi connectivity index (χ3n) is 20.8. The highest BCUT2D eigenvalue weighted by molar-refractivity contribution is 5.02. The zero-order valence-corrected chi connectivity index (χ0v) is 50.7. The maximum Gasteiger partial charge on any atom is 0.0113 e. The average molecular weight is 961 g/mol. The van der Waals surface area contributed by atoms with E-state index in [1.165, 1.54) is 135 Å². The maximum absolute atomic E-state index is 2.66. The van der Waals surface area contributed by atoms with Gasteiger partial charge in [-0.25, -0.2) is 0 Å². The molecule has 5 heteroatoms. The van der Waals surface area contributed by atoms with Crippen molar-refractivity contribution in [2.45, 2.75) is 309 Å². The Bertz CT molecular complexity index is 1160. The Morgan fingerprint density at radius 1 is 0.353 bits per heavy atom. The molecule has 410 valence electrons. The molecule has 12 atom stereocenters. The van der Waals surface area contributed by atoms with Gasteiger partial charge in [-0.3, -0.25) is 0 Å². The largest absolute Gasteiger partial charge is 0.303 e. The van der Waals surface area contributed by atoms with Crippen LogP contribution in [0.25, 0.3) is 0 Å². The van der Waals surface area contributed by atoms with Crippen molar-refractivity contribution in [3.8, 4) is 0 Å². The van der Waals surface area contributed by atoms with Crippen molar-refractivity contribution in [1.82, 2.24) is 24.5 Å². The van der Waals surface area contributed by atoms with Gasteiger partial charge in [0.15, 0.2) is 0 Å². The monoisotopic (exact) mass is 960 g/mol. The van der Waals surface area contributed by atoms with Gasteiger partial charge in [-0.2, -0.15) is 0 Å². The third kappa shape index (κ3) is 17.5. The van der Waals surface area contributed by atoms with Crippen molar-refractivity contribution in [2.75, 3.05) is 48.3 Å². The van der Waals surface area contributed by atoms with Crippen molar-refractivity contribution in [3.63, 3.8) is 0 Å². The molecule has 4 aliphatic carbocycles. The minimum atomic E-state index is 0. The van der Waals surface area contributed by atoms with Crippen LogP contribution in [0.4, 0.5) is 0 Å². The van der Waals surface area contributed by atoms with Crippen LogP contribution in [0, 0.1) is 52.3 Å². The number of hydrogen-bond acceptors (Lipinski definition) is 5. The second-order valence-electron chi connectivity index (χ2n) is 23.5. The SMILES string of the molecule is C.CC.CC.CC.CC.CC.CC1CC2CC(C1)N2C.CC1CC2CC1CN2C.CC1CC2CCC1CN2C.CCC(C)(CC)C1CC2CC(C1)N2C.CCC(C)(CC)C1CC2CCC(C1)N2C. The standard InChI is InChI=1S/C14H27N.C13H25N.C9H17N.2C8H15N.5C2H6.CH4/c1-5-14(3,6-2)11-9-12-7-8-13(10-11)15(12)4;1-5-13(3,6-2)10-7-11-9-12(8-10)14(11)4;1-7-5-9-4-3-8(7)6-10(9)2;1-6-3-8-4-7(6)5-9(8)2;1-6-3-7-5-8(4-6)9(7)2;5*1-2;/h11-13H,5-10H2,1-4H3;10-12H,5-9H2,1-4H3;7-9H,3-6H2,1-2H3;2*6-8H,3-5H2,1-2H3;5*1-2H3;1H4. The van der Waals surface area contributed by atoms with Gasteiger partial charge in [0.2, 0.25) is 0 Å². The number of hydrogen-bond donors (Lipinski definition) is 0. The van der Waals surface area contributed by atoms with E-state index in [-0.39, 0.29) is 7.43 Å². The third-order valence-corrected chi connectivity index (χ3v) is 20.8. The molecule has 5 nitrogen and oxygen atoms in total. The first-order valence-corrected chi connectivity index (χ1v) is 30.6. The van der Waals surface area contributed by atoms with Gasteiger partial charge in [0, 0.05) is 61.4 Å². The van der Waals surface area contributed by atoms with Crippen LogP contribution < -0.4 is 0 Å². The smallest absolute Gasteiger partial charge is 0.0113 e. The molecule has 9 aliphatic heterocycles. The first-order valence-electron chi connectivity index (χ1n) is 30.6. The molecule has 0 aromatic heterocycles. The molecule has 0 N–H and O–H groups in total. The molecule has 13 rings (SSSR count). The van der Waals surface area contributed by atoms with E-state index in [0.717, 1.165) is 89.8 Å². The van der Waals surface area contributed by atoms with Crippen molar-refractivity contribution in [3.05, 3.63) is 0 Å². The first-order chi connectivity index (χ1) is 32.0. The number of likely N-dealkylation sites (tertiary alicyclic amines) is 1. The van der Waals surface area contributed by atoms with Gasteiger partial charge in [0.1, 0.15) is 0 Å². The van der Waals surface area contributed by atoms with Crippen molar-refractivity contribution >= 4 is 0 Å². The predicted octanol–water partition coefficient (Wildman–Crippen LogP) is 17.3. The van der Waals surface area contributed by atoms with Gasteiger partial charge in [-0.15, -0.1) is 0 Å². The highest BCUT2D eigenvalue weighted by Gasteiger charge is 2.48. The Hall–Kier alpha value is -0.200. The van der Waals surface area contributed by atoms with Gasteiger partial charge in [0.05, 0.1) is 0 Å². The van der Waals surface area contributed by atoms with Gasteiger partial charge in [-0.1, -0.05) is 165 Å². The van der Waals surface area contributed by atoms with Gasteiger partial charge in [-0.05, 0) is 184 Å². The summed E-state index contributed by atoms with van der Waals surface area (Å²) < 4.78 is 0. The second kappa shape index (κ2) is 33.6. The highest BCUT2D eigenvalue weighted by atomic mass is 15.2. The number of piperidine rings is 6. The number of rotatable bonds is 6. The summed E-state index contributed by atoms with van der Waals surface area (Å²) in [7, 11) is 11.5. The predicted molar refractivity (Wildman–Crippen MR) is 310 cm³/mol. The van der Waals surface area contributed by atoms with Crippen molar-refractivity contribution in [2.24, 2.45) is 52.3 Å². The Morgan fingerprint density at radius 2 is 0.662 bits per heavy atom. The Kier molecular flexibility index (Phi) is 33.5. The molecule has 13 aliphatic rings. The summed E-state index contributed by atoms with van der Waals surface area (Å²) in [6.45, 7) is 44.4. The maximum atomic E-state index is 2.66. The Labute approximate surface area is 432 Å². The van der Waals surface area contributed by atoms with Crippen LogP contribution in [-0.2, 0) is 0 Å². The fourth-order valence-corrected chi connectivity index (χ4v) is 14.7. The zero-order chi connectivity index (χ0) is 51.4. The summed E-state index contributed by atoms with van der Waals surface area (Å²) in [5.41, 5.74) is 1.24. The van der Waals surface area contributed by atoms with Crippen molar-refractivity contribution < 1.29 is 0 Å². The minimum Gasteiger partial charge on any atom is -0.303 e. The van der Waals surface area contributed by atoms with Crippen LogP contribution in [-0.4, -0.2) is 121 Å². The van der Waals surface area contributed by atoms with E-state index in [9.17, 15) is 0 Å². The molecular weight excluding hydrogens is 827 g/mol. The zero-order valence-electron chi connectivity index (χ0n) is 50.7. The van der Waals surface area contributed by atoms with E-state index in [0.29, 0.717) is 10.8 Å². The lowest BCUT2D eigenvalue weighted by molar-refractivity contribution is -0.0658. The lowest BCUT2D eigenvalue weighted by Gasteiger charge is -2.57. The molecule has 0 amide bonds. The molecule has 4 saturated carbocycles. The molecular formula is C63H133N5. The fourth-order valence-electron chi connectivity index (χ4n) is 14.7. The fraction of sp³-hybridized carbons (Fsp3) is 1.00. The second-order valence-corrected chi connectivity index (χ2v) is 23.5. The first kappa shape index (κ1) is 67.8.